The molecule has 0 aliphatic carbocycles. The van der Waals surface area contributed by atoms with Gasteiger partial charge in [0.2, 0.25) is 0 Å². The Kier molecular flexibility index (Phi) is 6.14. The molecule has 0 aromatic heterocycles. The molecule has 0 aromatic rings. The summed E-state index contributed by atoms with van der Waals surface area (Å²) in [6.45, 7) is 5.74. The molecule has 72 valence electrons. The number of hydrogen-bond donors (Lipinski definition) is 3. The quantitative estimate of drug-likeness (QED) is 0.398. The van der Waals surface area contributed by atoms with E-state index in [1.54, 1.807) is 0 Å². The molecule has 12 heavy (non-hydrogen) atoms. The zero-order valence-corrected chi connectivity index (χ0v) is 7.27. The van der Waals surface area contributed by atoms with Crippen LogP contribution in [0.5, 0.6) is 0 Å². The Morgan fingerprint density at radius 2 is 1.33 bits per heavy atom. The topological polar surface area (TPSA) is 54.5 Å². The normalized spacial score (nSPS) is 24.0. The average molecular weight is 175 g/mol. The molecule has 1 heterocycles. The lowest BCUT2D eigenvalue weighted by Crippen LogP contribution is -2.35. The van der Waals surface area contributed by atoms with Crippen LogP contribution in [0.15, 0.2) is 0 Å². The van der Waals surface area contributed by atoms with Crippen LogP contribution >= 0.6 is 0 Å². The van der Waals surface area contributed by atoms with Crippen molar-refractivity contribution in [3.8, 4) is 0 Å². The highest BCUT2D eigenvalue weighted by Crippen LogP contribution is 1.75. The molecule has 1 rings (SSSR count). The SMILES string of the molecule is C1CNCCOOCNCCN1. The Hall–Kier alpha value is -0.200. The fraction of sp³-hybridized carbons (Fsp3) is 1.00. The summed E-state index contributed by atoms with van der Waals surface area (Å²) in [7, 11) is 0. The zero-order chi connectivity index (χ0) is 8.49. The van der Waals surface area contributed by atoms with Gasteiger partial charge >= 0.3 is 0 Å². The Morgan fingerprint density at radius 3 is 2.17 bits per heavy atom. The summed E-state index contributed by atoms with van der Waals surface area (Å²) in [4.78, 5) is 9.69. The van der Waals surface area contributed by atoms with Gasteiger partial charge in [-0.3, -0.25) is 5.32 Å². The van der Waals surface area contributed by atoms with Crippen molar-refractivity contribution in [2.45, 2.75) is 0 Å². The van der Waals surface area contributed by atoms with Gasteiger partial charge < -0.3 is 10.6 Å². The highest BCUT2D eigenvalue weighted by molar-refractivity contribution is 4.53. The molecule has 0 aromatic carbocycles. The van der Waals surface area contributed by atoms with Crippen molar-refractivity contribution in [1.29, 1.82) is 0 Å². The van der Waals surface area contributed by atoms with Crippen LogP contribution in [-0.4, -0.2) is 46.1 Å². The van der Waals surface area contributed by atoms with E-state index in [2.05, 4.69) is 16.0 Å². The molecule has 0 saturated carbocycles. The smallest absolute Gasteiger partial charge is 0.133 e. The first-order valence-corrected chi connectivity index (χ1v) is 4.37. The molecule has 3 N–H and O–H groups in total. The first-order valence-electron chi connectivity index (χ1n) is 4.37. The minimum absolute atomic E-state index is 0.460. The van der Waals surface area contributed by atoms with E-state index in [1.807, 2.05) is 0 Å². The van der Waals surface area contributed by atoms with Crippen molar-refractivity contribution < 1.29 is 9.78 Å². The van der Waals surface area contributed by atoms with Crippen molar-refractivity contribution in [1.82, 2.24) is 16.0 Å². The Morgan fingerprint density at radius 1 is 0.667 bits per heavy atom. The second-order valence-electron chi connectivity index (χ2n) is 2.58. The van der Waals surface area contributed by atoms with Gasteiger partial charge in [0.1, 0.15) is 6.73 Å². The second-order valence-corrected chi connectivity index (χ2v) is 2.58. The van der Waals surface area contributed by atoms with Gasteiger partial charge in [-0.1, -0.05) is 0 Å². The summed E-state index contributed by atoms with van der Waals surface area (Å²) in [5.74, 6) is 0. The summed E-state index contributed by atoms with van der Waals surface area (Å²) in [5.41, 5.74) is 0. The van der Waals surface area contributed by atoms with Crippen molar-refractivity contribution in [3.05, 3.63) is 0 Å². The number of hydrogen-bond acceptors (Lipinski definition) is 5. The molecule has 0 atom stereocenters. The van der Waals surface area contributed by atoms with Gasteiger partial charge in [0.25, 0.3) is 0 Å². The third-order valence-electron chi connectivity index (χ3n) is 1.56. The fourth-order valence-corrected chi connectivity index (χ4v) is 0.932. The molecular weight excluding hydrogens is 158 g/mol. The standard InChI is InChI=1S/C7H17N3O2/c1-2-9-5-6-11-12-7-10-4-3-8-1/h8-10H,1-7H2. The minimum atomic E-state index is 0.460. The maximum Gasteiger partial charge on any atom is 0.133 e. The summed E-state index contributed by atoms with van der Waals surface area (Å²) >= 11 is 0. The lowest BCUT2D eigenvalue weighted by Gasteiger charge is -2.10. The van der Waals surface area contributed by atoms with Gasteiger partial charge in [-0.15, -0.1) is 0 Å². The number of nitrogens with one attached hydrogen (secondary N) is 3. The van der Waals surface area contributed by atoms with Crippen LogP contribution in [0.1, 0.15) is 0 Å². The van der Waals surface area contributed by atoms with Crippen LogP contribution in [-0.2, 0) is 9.78 Å². The maximum absolute atomic E-state index is 4.86. The largest absolute Gasteiger partial charge is 0.314 e. The van der Waals surface area contributed by atoms with Crippen LogP contribution in [0.3, 0.4) is 0 Å². The molecule has 5 nitrogen and oxygen atoms in total. The van der Waals surface area contributed by atoms with Gasteiger partial charge in [0.15, 0.2) is 0 Å². The van der Waals surface area contributed by atoms with Crippen LogP contribution in [0, 0.1) is 0 Å². The minimum Gasteiger partial charge on any atom is -0.314 e. The van der Waals surface area contributed by atoms with E-state index < -0.39 is 0 Å². The summed E-state index contributed by atoms with van der Waals surface area (Å²) < 4.78 is 0. The van der Waals surface area contributed by atoms with E-state index >= 15 is 0 Å². The summed E-state index contributed by atoms with van der Waals surface area (Å²) in [6.07, 6.45) is 0. The first kappa shape index (κ1) is 9.88. The molecular formula is C7H17N3O2. The first-order chi connectivity index (χ1) is 6.00. The Labute approximate surface area is 72.7 Å². The molecule has 1 fully saturated rings. The van der Waals surface area contributed by atoms with Crippen LogP contribution in [0.25, 0.3) is 0 Å². The summed E-state index contributed by atoms with van der Waals surface area (Å²) in [6, 6.07) is 0. The van der Waals surface area contributed by atoms with Gasteiger partial charge in [0, 0.05) is 32.7 Å². The maximum atomic E-state index is 4.86. The van der Waals surface area contributed by atoms with Crippen molar-refractivity contribution in [3.63, 3.8) is 0 Å². The lowest BCUT2D eigenvalue weighted by molar-refractivity contribution is -0.297. The molecule has 0 unspecified atom stereocenters. The Balaban J connectivity index is 2.00. The molecule has 1 saturated heterocycles. The lowest BCUT2D eigenvalue weighted by atomic mass is 10.5. The third-order valence-corrected chi connectivity index (χ3v) is 1.56. The van der Waals surface area contributed by atoms with E-state index in [4.69, 9.17) is 9.78 Å². The van der Waals surface area contributed by atoms with E-state index in [-0.39, 0.29) is 0 Å². The van der Waals surface area contributed by atoms with Crippen molar-refractivity contribution in [2.75, 3.05) is 46.1 Å². The van der Waals surface area contributed by atoms with Crippen LogP contribution < -0.4 is 16.0 Å². The highest BCUT2D eigenvalue weighted by atomic mass is 17.2. The molecule has 0 spiro atoms. The average Bonchev–Trinajstić information content (AvgIpc) is 2.05. The van der Waals surface area contributed by atoms with Crippen molar-refractivity contribution in [2.24, 2.45) is 0 Å². The highest BCUT2D eigenvalue weighted by Gasteiger charge is 1.93. The van der Waals surface area contributed by atoms with Gasteiger partial charge in [-0.2, -0.15) is 0 Å². The van der Waals surface area contributed by atoms with E-state index in [1.165, 1.54) is 0 Å². The van der Waals surface area contributed by atoms with Crippen molar-refractivity contribution >= 4 is 0 Å². The summed E-state index contributed by atoms with van der Waals surface area (Å²) in [5, 5.41) is 9.57. The van der Waals surface area contributed by atoms with Crippen LogP contribution in [0.2, 0.25) is 0 Å². The molecule has 0 radical (unpaired) electrons. The van der Waals surface area contributed by atoms with E-state index in [0.29, 0.717) is 13.3 Å². The predicted octanol–water partition coefficient (Wildman–Crippen LogP) is -1.33. The predicted molar refractivity (Wildman–Crippen MR) is 45.6 cm³/mol. The van der Waals surface area contributed by atoms with Gasteiger partial charge in [0.05, 0.1) is 6.61 Å². The molecule has 1 aliphatic heterocycles. The van der Waals surface area contributed by atoms with Gasteiger partial charge in [-0.05, 0) is 0 Å². The fourth-order valence-electron chi connectivity index (χ4n) is 0.932. The van der Waals surface area contributed by atoms with Gasteiger partial charge in [-0.25, -0.2) is 9.78 Å². The zero-order valence-electron chi connectivity index (χ0n) is 7.27. The van der Waals surface area contributed by atoms with E-state index in [0.717, 1.165) is 32.7 Å². The van der Waals surface area contributed by atoms with Crippen LogP contribution in [0.4, 0.5) is 0 Å². The molecule has 5 heteroatoms. The number of rotatable bonds is 0. The Bertz CT molecular complexity index is 59.6. The molecule has 0 bridgehead atoms. The third kappa shape index (κ3) is 5.45. The van der Waals surface area contributed by atoms with E-state index in [9.17, 15) is 0 Å². The molecule has 1 aliphatic rings. The monoisotopic (exact) mass is 175 g/mol. The molecule has 0 amide bonds. The second kappa shape index (κ2) is 7.45.